The summed E-state index contributed by atoms with van der Waals surface area (Å²) in [6, 6.07) is 13.7. The van der Waals surface area contributed by atoms with Gasteiger partial charge in [-0.15, -0.1) is 0 Å². The standard InChI is InChI=1S/C17H20N2O3S/c1-12-9-10-15(23(3,21)22)11-16(12)19-17(20)18-13(2)14-7-5-4-6-8-14/h4-11,13H,1-3H3,(H2,18,19,20)/t13-/m1/s1. The molecule has 0 saturated carbocycles. The van der Waals surface area contributed by atoms with Crippen LogP contribution in [0.4, 0.5) is 10.5 Å². The first-order chi connectivity index (χ1) is 10.8. The van der Waals surface area contributed by atoms with E-state index in [1.165, 1.54) is 12.1 Å². The van der Waals surface area contributed by atoms with Gasteiger partial charge in [0.25, 0.3) is 0 Å². The average Bonchev–Trinajstić information content (AvgIpc) is 2.49. The summed E-state index contributed by atoms with van der Waals surface area (Å²) in [7, 11) is -3.32. The van der Waals surface area contributed by atoms with Crippen LogP contribution in [0.1, 0.15) is 24.1 Å². The number of carbonyl (C=O) groups excluding carboxylic acids is 1. The van der Waals surface area contributed by atoms with E-state index in [-0.39, 0.29) is 17.0 Å². The van der Waals surface area contributed by atoms with Gasteiger partial charge in [-0.25, -0.2) is 13.2 Å². The van der Waals surface area contributed by atoms with Crippen molar-refractivity contribution in [1.82, 2.24) is 5.32 Å². The molecule has 2 aromatic carbocycles. The number of benzene rings is 2. The quantitative estimate of drug-likeness (QED) is 0.902. The summed E-state index contributed by atoms with van der Waals surface area (Å²) in [6.45, 7) is 3.69. The van der Waals surface area contributed by atoms with Crippen LogP contribution in [0.15, 0.2) is 53.4 Å². The summed E-state index contributed by atoms with van der Waals surface area (Å²) in [5.41, 5.74) is 2.26. The van der Waals surface area contributed by atoms with Crippen molar-refractivity contribution in [2.24, 2.45) is 0 Å². The van der Waals surface area contributed by atoms with Crippen LogP contribution in [0.2, 0.25) is 0 Å². The number of amides is 2. The molecule has 0 aliphatic rings. The molecule has 2 N–H and O–H groups in total. The van der Waals surface area contributed by atoms with E-state index in [1.807, 2.05) is 44.2 Å². The molecule has 0 radical (unpaired) electrons. The molecule has 0 saturated heterocycles. The molecular weight excluding hydrogens is 312 g/mol. The Bertz CT molecular complexity index is 802. The largest absolute Gasteiger partial charge is 0.331 e. The van der Waals surface area contributed by atoms with Gasteiger partial charge in [-0.05, 0) is 37.1 Å². The molecule has 0 unspecified atom stereocenters. The smallest absolute Gasteiger partial charge is 0.319 e. The third-order valence-corrected chi connectivity index (χ3v) is 4.64. The maximum absolute atomic E-state index is 12.1. The molecule has 6 heteroatoms. The Labute approximate surface area is 136 Å². The lowest BCUT2D eigenvalue weighted by Gasteiger charge is -2.16. The zero-order chi connectivity index (χ0) is 17.0. The molecule has 0 aliphatic carbocycles. The molecule has 122 valence electrons. The maximum atomic E-state index is 12.1. The first kappa shape index (κ1) is 17.0. The number of hydrogen-bond donors (Lipinski definition) is 2. The molecule has 0 aliphatic heterocycles. The van der Waals surface area contributed by atoms with Gasteiger partial charge in [0.1, 0.15) is 0 Å². The minimum atomic E-state index is -3.32. The van der Waals surface area contributed by atoms with Gasteiger partial charge >= 0.3 is 6.03 Å². The molecule has 2 aromatic rings. The Morgan fingerprint density at radius 3 is 2.35 bits per heavy atom. The zero-order valence-corrected chi connectivity index (χ0v) is 14.1. The van der Waals surface area contributed by atoms with E-state index in [0.717, 1.165) is 17.4 Å². The molecule has 2 amide bonds. The van der Waals surface area contributed by atoms with E-state index in [4.69, 9.17) is 0 Å². The van der Waals surface area contributed by atoms with Crippen LogP contribution in [-0.2, 0) is 9.84 Å². The zero-order valence-electron chi connectivity index (χ0n) is 13.3. The number of anilines is 1. The topological polar surface area (TPSA) is 75.3 Å². The summed E-state index contributed by atoms with van der Waals surface area (Å²) >= 11 is 0. The second-order valence-corrected chi connectivity index (χ2v) is 7.50. The van der Waals surface area contributed by atoms with Crippen molar-refractivity contribution < 1.29 is 13.2 Å². The average molecular weight is 332 g/mol. The Balaban J connectivity index is 2.11. The van der Waals surface area contributed by atoms with E-state index >= 15 is 0 Å². The summed E-state index contributed by atoms with van der Waals surface area (Å²) in [6.07, 6.45) is 1.14. The van der Waals surface area contributed by atoms with Gasteiger partial charge < -0.3 is 10.6 Å². The number of urea groups is 1. The Morgan fingerprint density at radius 1 is 1.09 bits per heavy atom. The van der Waals surface area contributed by atoms with Crippen LogP contribution in [-0.4, -0.2) is 20.7 Å². The Hall–Kier alpha value is -2.34. The number of rotatable bonds is 4. The second-order valence-electron chi connectivity index (χ2n) is 5.48. The highest BCUT2D eigenvalue weighted by Gasteiger charge is 2.13. The van der Waals surface area contributed by atoms with Crippen molar-refractivity contribution in [3.63, 3.8) is 0 Å². The highest BCUT2D eigenvalue weighted by molar-refractivity contribution is 7.90. The summed E-state index contributed by atoms with van der Waals surface area (Å²) in [5, 5.41) is 5.54. The van der Waals surface area contributed by atoms with E-state index in [0.29, 0.717) is 5.69 Å². The normalized spacial score (nSPS) is 12.5. The predicted octanol–water partition coefficient (Wildman–Crippen LogP) is 3.28. The van der Waals surface area contributed by atoms with Crippen LogP contribution < -0.4 is 10.6 Å². The van der Waals surface area contributed by atoms with Crippen LogP contribution in [0.3, 0.4) is 0 Å². The molecule has 1 atom stereocenters. The van der Waals surface area contributed by atoms with Gasteiger partial charge in [0.2, 0.25) is 0 Å². The minimum Gasteiger partial charge on any atom is -0.331 e. The van der Waals surface area contributed by atoms with Crippen LogP contribution in [0.5, 0.6) is 0 Å². The third kappa shape index (κ3) is 4.56. The summed E-state index contributed by atoms with van der Waals surface area (Å²) in [5.74, 6) is 0. The molecule has 0 fully saturated rings. The fourth-order valence-corrected chi connectivity index (χ4v) is 2.79. The number of nitrogens with one attached hydrogen (secondary N) is 2. The van der Waals surface area contributed by atoms with Gasteiger partial charge in [0.15, 0.2) is 9.84 Å². The molecule has 0 aromatic heterocycles. The van der Waals surface area contributed by atoms with Crippen LogP contribution in [0.25, 0.3) is 0 Å². The predicted molar refractivity (Wildman–Crippen MR) is 91.3 cm³/mol. The van der Waals surface area contributed by atoms with E-state index in [2.05, 4.69) is 10.6 Å². The first-order valence-corrected chi connectivity index (χ1v) is 9.09. The molecule has 0 heterocycles. The highest BCUT2D eigenvalue weighted by atomic mass is 32.2. The van der Waals surface area contributed by atoms with E-state index in [1.54, 1.807) is 6.07 Å². The summed E-state index contributed by atoms with van der Waals surface area (Å²) in [4.78, 5) is 12.3. The molecule has 0 spiro atoms. The molecular formula is C17H20N2O3S. The highest BCUT2D eigenvalue weighted by Crippen LogP contribution is 2.20. The van der Waals surface area contributed by atoms with Crippen molar-refractivity contribution in [2.75, 3.05) is 11.6 Å². The van der Waals surface area contributed by atoms with Crippen LogP contribution in [0, 0.1) is 6.92 Å². The Morgan fingerprint density at radius 2 is 1.74 bits per heavy atom. The lowest BCUT2D eigenvalue weighted by Crippen LogP contribution is -2.31. The van der Waals surface area contributed by atoms with Crippen molar-refractivity contribution in [1.29, 1.82) is 0 Å². The summed E-state index contributed by atoms with van der Waals surface area (Å²) < 4.78 is 23.2. The van der Waals surface area contributed by atoms with Gasteiger partial charge in [0.05, 0.1) is 10.9 Å². The Kier molecular flexibility index (Phi) is 5.05. The van der Waals surface area contributed by atoms with E-state index < -0.39 is 9.84 Å². The number of hydrogen-bond acceptors (Lipinski definition) is 3. The first-order valence-electron chi connectivity index (χ1n) is 7.20. The van der Waals surface area contributed by atoms with Crippen molar-refractivity contribution in [3.05, 3.63) is 59.7 Å². The van der Waals surface area contributed by atoms with Crippen molar-refractivity contribution >= 4 is 21.6 Å². The monoisotopic (exact) mass is 332 g/mol. The number of sulfone groups is 1. The van der Waals surface area contributed by atoms with Crippen LogP contribution >= 0.6 is 0 Å². The molecule has 0 bridgehead atoms. The fourth-order valence-electron chi connectivity index (χ4n) is 2.15. The van der Waals surface area contributed by atoms with E-state index in [9.17, 15) is 13.2 Å². The second kappa shape index (κ2) is 6.83. The number of aryl methyl sites for hydroxylation is 1. The lowest BCUT2D eigenvalue weighted by atomic mass is 10.1. The number of carbonyl (C=O) groups is 1. The fraction of sp³-hybridized carbons (Fsp3) is 0.235. The molecule has 23 heavy (non-hydrogen) atoms. The maximum Gasteiger partial charge on any atom is 0.319 e. The van der Waals surface area contributed by atoms with Gasteiger partial charge in [-0.2, -0.15) is 0 Å². The molecule has 5 nitrogen and oxygen atoms in total. The third-order valence-electron chi connectivity index (χ3n) is 3.53. The van der Waals surface area contributed by atoms with Crippen molar-refractivity contribution in [3.8, 4) is 0 Å². The van der Waals surface area contributed by atoms with Gasteiger partial charge in [-0.3, -0.25) is 0 Å². The minimum absolute atomic E-state index is 0.158. The molecule has 2 rings (SSSR count). The SMILES string of the molecule is Cc1ccc(S(C)(=O)=O)cc1NC(=O)N[C@H](C)c1ccccc1. The lowest BCUT2D eigenvalue weighted by molar-refractivity contribution is 0.249. The van der Waals surface area contributed by atoms with Gasteiger partial charge in [0, 0.05) is 11.9 Å². The van der Waals surface area contributed by atoms with Gasteiger partial charge in [-0.1, -0.05) is 36.4 Å². The van der Waals surface area contributed by atoms with Crippen molar-refractivity contribution in [2.45, 2.75) is 24.8 Å².